The molecule has 0 unspecified atom stereocenters. The van der Waals surface area contributed by atoms with Crippen molar-refractivity contribution < 1.29 is 9.84 Å². The second kappa shape index (κ2) is 6.07. The van der Waals surface area contributed by atoms with Gasteiger partial charge in [-0.2, -0.15) is 0 Å². The molecule has 3 nitrogen and oxygen atoms in total. The van der Waals surface area contributed by atoms with E-state index in [-0.39, 0.29) is 5.75 Å². The number of ether oxygens (including phenoxy) is 1. The highest BCUT2D eigenvalue weighted by Crippen LogP contribution is 2.13. The third kappa shape index (κ3) is 3.50. The zero-order valence-electron chi connectivity index (χ0n) is 10.2. The Labute approximate surface area is 107 Å². The first-order valence-corrected chi connectivity index (χ1v) is 5.95. The molecule has 0 fully saturated rings. The minimum atomic E-state index is 0.274. The number of rotatable bonds is 5. The van der Waals surface area contributed by atoms with Crippen LogP contribution in [0.3, 0.4) is 0 Å². The molecule has 0 saturated heterocycles. The number of para-hydroxylation sites is 1. The predicted molar refractivity (Wildman–Crippen MR) is 72.3 cm³/mol. The van der Waals surface area contributed by atoms with E-state index in [2.05, 4.69) is 0 Å². The molecule has 0 atom stereocenters. The van der Waals surface area contributed by atoms with Gasteiger partial charge in [0.2, 0.25) is 0 Å². The number of phenols is 1. The van der Waals surface area contributed by atoms with Gasteiger partial charge in [0, 0.05) is 5.69 Å². The monoisotopic (exact) mass is 243 g/mol. The first-order valence-electron chi connectivity index (χ1n) is 5.95. The molecule has 0 bridgehead atoms. The summed E-state index contributed by atoms with van der Waals surface area (Å²) in [5, 5.41) is 9.15. The summed E-state index contributed by atoms with van der Waals surface area (Å²) in [6.45, 7) is 1.18. The van der Waals surface area contributed by atoms with Gasteiger partial charge in [-0.15, -0.1) is 0 Å². The summed E-state index contributed by atoms with van der Waals surface area (Å²) in [5.74, 6) is 0.274. The van der Waals surface area contributed by atoms with Crippen LogP contribution in [0.15, 0.2) is 48.5 Å². The molecule has 0 spiro atoms. The highest BCUT2D eigenvalue weighted by molar-refractivity contribution is 5.46. The van der Waals surface area contributed by atoms with Gasteiger partial charge in [0.05, 0.1) is 13.2 Å². The van der Waals surface area contributed by atoms with Crippen LogP contribution in [-0.4, -0.2) is 11.7 Å². The first kappa shape index (κ1) is 12.5. The minimum Gasteiger partial charge on any atom is -0.508 e. The largest absolute Gasteiger partial charge is 0.508 e. The molecule has 3 N–H and O–H groups in total. The molecule has 94 valence electrons. The van der Waals surface area contributed by atoms with Gasteiger partial charge in [0.1, 0.15) is 5.75 Å². The van der Waals surface area contributed by atoms with Crippen LogP contribution in [0.5, 0.6) is 5.75 Å². The van der Waals surface area contributed by atoms with Crippen LogP contribution in [0.2, 0.25) is 0 Å². The number of benzene rings is 2. The fourth-order valence-corrected chi connectivity index (χ4v) is 1.73. The molecule has 0 aromatic heterocycles. The number of aromatic hydroxyl groups is 1. The van der Waals surface area contributed by atoms with Crippen molar-refractivity contribution in [2.24, 2.45) is 0 Å². The van der Waals surface area contributed by atoms with Crippen LogP contribution in [0.1, 0.15) is 11.1 Å². The van der Waals surface area contributed by atoms with Crippen molar-refractivity contribution in [1.82, 2.24) is 0 Å². The van der Waals surface area contributed by atoms with Gasteiger partial charge in [-0.25, -0.2) is 0 Å². The van der Waals surface area contributed by atoms with Gasteiger partial charge in [0.25, 0.3) is 0 Å². The maximum atomic E-state index is 9.15. The maximum Gasteiger partial charge on any atom is 0.115 e. The summed E-state index contributed by atoms with van der Waals surface area (Å²) in [7, 11) is 0. The number of phenolic OH excluding ortho intramolecular Hbond substituents is 1. The van der Waals surface area contributed by atoms with Crippen LogP contribution in [0, 0.1) is 0 Å². The fourth-order valence-electron chi connectivity index (χ4n) is 1.73. The second-order valence-corrected chi connectivity index (χ2v) is 4.17. The van der Waals surface area contributed by atoms with E-state index >= 15 is 0 Å². The molecule has 0 aliphatic carbocycles. The Hall–Kier alpha value is -2.00. The van der Waals surface area contributed by atoms with Crippen LogP contribution < -0.4 is 5.73 Å². The van der Waals surface area contributed by atoms with E-state index in [0.29, 0.717) is 13.2 Å². The Morgan fingerprint density at radius 1 is 1.00 bits per heavy atom. The smallest absolute Gasteiger partial charge is 0.115 e. The lowest BCUT2D eigenvalue weighted by Gasteiger charge is -2.06. The van der Waals surface area contributed by atoms with E-state index in [0.717, 1.165) is 23.2 Å². The van der Waals surface area contributed by atoms with E-state index in [4.69, 9.17) is 15.6 Å². The Balaban J connectivity index is 1.76. The third-order valence-corrected chi connectivity index (χ3v) is 2.78. The van der Waals surface area contributed by atoms with Crippen molar-refractivity contribution in [2.45, 2.75) is 13.0 Å². The molecule has 18 heavy (non-hydrogen) atoms. The van der Waals surface area contributed by atoms with Gasteiger partial charge < -0.3 is 15.6 Å². The predicted octanol–water partition coefficient (Wildman–Crippen LogP) is 2.73. The third-order valence-electron chi connectivity index (χ3n) is 2.78. The number of nitrogen functional groups attached to an aromatic ring is 1. The van der Waals surface area contributed by atoms with E-state index in [1.54, 1.807) is 12.1 Å². The SMILES string of the molecule is Nc1ccccc1CCOCc1ccc(O)cc1. The molecule has 2 aromatic carbocycles. The lowest BCUT2D eigenvalue weighted by molar-refractivity contribution is 0.124. The van der Waals surface area contributed by atoms with Gasteiger partial charge in [-0.05, 0) is 35.7 Å². The molecule has 0 amide bonds. The highest BCUT2D eigenvalue weighted by Gasteiger charge is 1.98. The van der Waals surface area contributed by atoms with Gasteiger partial charge in [-0.1, -0.05) is 30.3 Å². The number of anilines is 1. The van der Waals surface area contributed by atoms with Gasteiger partial charge >= 0.3 is 0 Å². The quantitative estimate of drug-likeness (QED) is 0.627. The summed E-state index contributed by atoms with van der Waals surface area (Å²) in [6, 6.07) is 14.8. The van der Waals surface area contributed by atoms with E-state index in [1.807, 2.05) is 36.4 Å². The molecular weight excluding hydrogens is 226 g/mol. The summed E-state index contributed by atoms with van der Waals surface area (Å²) >= 11 is 0. The zero-order valence-corrected chi connectivity index (χ0v) is 10.2. The van der Waals surface area contributed by atoms with Gasteiger partial charge in [0.15, 0.2) is 0 Å². The van der Waals surface area contributed by atoms with Crippen molar-refractivity contribution in [3.05, 3.63) is 59.7 Å². The van der Waals surface area contributed by atoms with Crippen molar-refractivity contribution in [2.75, 3.05) is 12.3 Å². The molecule has 0 aliphatic rings. The Morgan fingerprint density at radius 3 is 2.44 bits per heavy atom. The lowest BCUT2D eigenvalue weighted by atomic mass is 10.1. The van der Waals surface area contributed by atoms with Crippen molar-refractivity contribution >= 4 is 5.69 Å². The summed E-state index contributed by atoms with van der Waals surface area (Å²) in [4.78, 5) is 0. The number of hydrogen-bond donors (Lipinski definition) is 2. The Bertz CT molecular complexity index is 494. The summed E-state index contributed by atoms with van der Waals surface area (Å²) < 4.78 is 5.58. The maximum absolute atomic E-state index is 9.15. The number of hydrogen-bond acceptors (Lipinski definition) is 3. The molecule has 0 aliphatic heterocycles. The fraction of sp³-hybridized carbons (Fsp3) is 0.200. The van der Waals surface area contributed by atoms with Crippen LogP contribution in [-0.2, 0) is 17.8 Å². The van der Waals surface area contributed by atoms with Crippen molar-refractivity contribution in [3.63, 3.8) is 0 Å². The second-order valence-electron chi connectivity index (χ2n) is 4.17. The minimum absolute atomic E-state index is 0.274. The molecule has 3 heteroatoms. The van der Waals surface area contributed by atoms with Crippen LogP contribution in [0.25, 0.3) is 0 Å². The standard InChI is InChI=1S/C15H17NO2/c16-15-4-2-1-3-13(15)9-10-18-11-12-5-7-14(17)8-6-12/h1-8,17H,9-11,16H2. The molecular formula is C15H17NO2. The molecule has 2 aromatic rings. The van der Waals surface area contributed by atoms with Crippen LogP contribution in [0.4, 0.5) is 5.69 Å². The normalized spacial score (nSPS) is 10.4. The van der Waals surface area contributed by atoms with Crippen molar-refractivity contribution in [3.8, 4) is 5.75 Å². The average molecular weight is 243 g/mol. The highest BCUT2D eigenvalue weighted by atomic mass is 16.5. The van der Waals surface area contributed by atoms with E-state index in [1.165, 1.54) is 0 Å². The van der Waals surface area contributed by atoms with Crippen molar-refractivity contribution in [1.29, 1.82) is 0 Å². The zero-order chi connectivity index (χ0) is 12.8. The summed E-state index contributed by atoms with van der Waals surface area (Å²) in [6.07, 6.45) is 0.810. The van der Waals surface area contributed by atoms with E-state index < -0.39 is 0 Å². The van der Waals surface area contributed by atoms with Crippen LogP contribution >= 0.6 is 0 Å². The molecule has 0 saturated carbocycles. The topological polar surface area (TPSA) is 55.5 Å². The average Bonchev–Trinajstić information content (AvgIpc) is 2.39. The molecule has 0 radical (unpaired) electrons. The summed E-state index contributed by atoms with van der Waals surface area (Å²) in [5.41, 5.74) is 8.82. The molecule has 2 rings (SSSR count). The van der Waals surface area contributed by atoms with Gasteiger partial charge in [-0.3, -0.25) is 0 Å². The number of nitrogens with two attached hydrogens (primary N) is 1. The lowest BCUT2D eigenvalue weighted by Crippen LogP contribution is -2.01. The Morgan fingerprint density at radius 2 is 1.72 bits per heavy atom. The Kier molecular flexibility index (Phi) is 4.20. The molecule has 0 heterocycles. The first-order chi connectivity index (χ1) is 8.75. The van der Waals surface area contributed by atoms with E-state index in [9.17, 15) is 0 Å².